The van der Waals surface area contributed by atoms with E-state index in [-0.39, 0.29) is 17.7 Å². The first-order chi connectivity index (χ1) is 13.7. The predicted octanol–water partition coefficient (Wildman–Crippen LogP) is 2.89. The van der Waals surface area contributed by atoms with Gasteiger partial charge in [-0.2, -0.15) is 13.2 Å². The summed E-state index contributed by atoms with van der Waals surface area (Å²) < 4.78 is 55.3. The molecule has 2 N–H and O–H groups in total. The summed E-state index contributed by atoms with van der Waals surface area (Å²) in [6.45, 7) is 0. The number of halogens is 4. The smallest absolute Gasteiger partial charge is 0.318 e. The second kappa shape index (κ2) is 7.53. The first-order valence-corrected chi connectivity index (χ1v) is 8.48. The summed E-state index contributed by atoms with van der Waals surface area (Å²) in [5.41, 5.74) is -3.63. The Kier molecular flexibility index (Phi) is 5.27. The number of anilines is 1. The van der Waals surface area contributed by atoms with Gasteiger partial charge in [0.15, 0.2) is 0 Å². The first kappa shape index (κ1) is 20.3. The first-order valence-electron chi connectivity index (χ1n) is 8.48. The van der Waals surface area contributed by atoms with E-state index in [0.717, 1.165) is 12.1 Å². The molecule has 4 amide bonds. The molecule has 1 saturated heterocycles. The molecule has 0 bridgehead atoms. The van der Waals surface area contributed by atoms with Gasteiger partial charge in [0.05, 0.1) is 5.69 Å². The van der Waals surface area contributed by atoms with Gasteiger partial charge in [-0.15, -0.1) is 0 Å². The highest BCUT2D eigenvalue weighted by Crippen LogP contribution is 2.36. The number of carbonyl (C=O) groups is 3. The van der Waals surface area contributed by atoms with Crippen LogP contribution in [0.4, 0.5) is 28.0 Å². The van der Waals surface area contributed by atoms with Gasteiger partial charge < -0.3 is 5.32 Å². The van der Waals surface area contributed by atoms with E-state index < -0.39 is 41.2 Å². The Bertz CT molecular complexity index is 949. The molecule has 0 spiro atoms. The van der Waals surface area contributed by atoms with Crippen molar-refractivity contribution >= 4 is 23.5 Å². The van der Waals surface area contributed by atoms with Crippen LogP contribution in [0.5, 0.6) is 0 Å². The minimum atomic E-state index is -5.36. The van der Waals surface area contributed by atoms with E-state index in [1.54, 1.807) is 35.6 Å². The zero-order valence-corrected chi connectivity index (χ0v) is 14.8. The van der Waals surface area contributed by atoms with Crippen LogP contribution < -0.4 is 15.5 Å². The molecular weight excluding hydrogens is 394 g/mol. The Morgan fingerprint density at radius 2 is 1.66 bits per heavy atom. The summed E-state index contributed by atoms with van der Waals surface area (Å²) in [4.78, 5) is 36.9. The normalized spacial score (nSPS) is 19.2. The number of hydrogen-bond acceptors (Lipinski definition) is 3. The van der Waals surface area contributed by atoms with Crippen molar-refractivity contribution < 1.29 is 31.9 Å². The van der Waals surface area contributed by atoms with Gasteiger partial charge >= 0.3 is 12.2 Å². The summed E-state index contributed by atoms with van der Waals surface area (Å²) in [5.74, 6) is -4.01. The molecule has 10 heteroatoms. The Balaban J connectivity index is 1.86. The number of benzene rings is 2. The maximum absolute atomic E-state index is 14.0. The van der Waals surface area contributed by atoms with Crippen molar-refractivity contribution in [1.29, 1.82) is 0 Å². The number of alkyl halides is 3. The third-order valence-electron chi connectivity index (χ3n) is 4.35. The van der Waals surface area contributed by atoms with E-state index in [0.29, 0.717) is 5.56 Å². The average Bonchev–Trinajstić information content (AvgIpc) is 2.92. The molecule has 152 valence electrons. The molecule has 2 aromatic carbocycles. The zero-order chi connectivity index (χ0) is 21.2. The van der Waals surface area contributed by atoms with Gasteiger partial charge in [-0.05, 0) is 24.1 Å². The van der Waals surface area contributed by atoms with Crippen LogP contribution in [-0.4, -0.2) is 29.7 Å². The number of rotatable bonds is 5. The Morgan fingerprint density at radius 3 is 2.28 bits per heavy atom. The fourth-order valence-corrected chi connectivity index (χ4v) is 2.90. The maximum Gasteiger partial charge on any atom is 0.440 e. The molecule has 29 heavy (non-hydrogen) atoms. The second-order valence-corrected chi connectivity index (χ2v) is 6.30. The van der Waals surface area contributed by atoms with Crippen LogP contribution in [0, 0.1) is 5.82 Å². The lowest BCUT2D eigenvalue weighted by Crippen LogP contribution is -2.69. The number of nitrogens with one attached hydrogen (secondary N) is 2. The standard InChI is InChI=1S/C19H15F4N3O3/c20-13-8-4-5-9-14(13)26-16(28)18(19(21,22)23,25-17(26)29)24-15(27)11-10-12-6-2-1-3-7-12/h1-9H,10-11H2,(H,24,27)(H,25,29). The summed E-state index contributed by atoms with van der Waals surface area (Å²) >= 11 is 0. The number of aryl methyl sites for hydroxylation is 1. The summed E-state index contributed by atoms with van der Waals surface area (Å²) in [6, 6.07) is 11.4. The van der Waals surface area contributed by atoms with Crippen LogP contribution in [0.2, 0.25) is 0 Å². The minimum Gasteiger partial charge on any atom is -0.318 e. The van der Waals surface area contributed by atoms with Gasteiger partial charge in [-0.1, -0.05) is 42.5 Å². The fourth-order valence-electron chi connectivity index (χ4n) is 2.90. The number of urea groups is 1. The van der Waals surface area contributed by atoms with Crippen molar-refractivity contribution in [3.8, 4) is 0 Å². The Morgan fingerprint density at radius 1 is 1.03 bits per heavy atom. The van der Waals surface area contributed by atoms with Crippen molar-refractivity contribution in [2.75, 3.05) is 4.90 Å². The minimum absolute atomic E-state index is 0.0281. The van der Waals surface area contributed by atoms with E-state index in [9.17, 15) is 31.9 Å². The molecule has 2 aromatic rings. The molecule has 0 radical (unpaired) electrons. The highest BCUT2D eigenvalue weighted by molar-refractivity contribution is 6.24. The highest BCUT2D eigenvalue weighted by Gasteiger charge is 2.69. The maximum atomic E-state index is 14.0. The zero-order valence-electron chi connectivity index (χ0n) is 14.8. The number of para-hydroxylation sites is 1. The Hall–Kier alpha value is -3.43. The topological polar surface area (TPSA) is 78.5 Å². The number of carbonyl (C=O) groups excluding carboxylic acids is 3. The SMILES string of the molecule is O=C(CCc1ccccc1)NC1(C(F)(F)F)NC(=O)N(c2ccccc2F)C1=O. The largest absolute Gasteiger partial charge is 0.440 e. The van der Waals surface area contributed by atoms with Crippen molar-refractivity contribution in [1.82, 2.24) is 10.6 Å². The number of nitrogens with zero attached hydrogens (tertiary/aromatic N) is 1. The lowest BCUT2D eigenvalue weighted by molar-refractivity contribution is -0.201. The second-order valence-electron chi connectivity index (χ2n) is 6.30. The summed E-state index contributed by atoms with van der Waals surface area (Å²) in [6.07, 6.45) is -5.59. The molecule has 0 aliphatic carbocycles. The monoisotopic (exact) mass is 409 g/mol. The molecule has 1 fully saturated rings. The van der Waals surface area contributed by atoms with E-state index in [2.05, 4.69) is 0 Å². The van der Waals surface area contributed by atoms with Crippen LogP contribution in [-0.2, 0) is 16.0 Å². The van der Waals surface area contributed by atoms with Crippen molar-refractivity contribution in [3.05, 3.63) is 66.0 Å². The molecule has 1 unspecified atom stereocenters. The molecular formula is C19H15F4N3O3. The molecule has 1 aliphatic rings. The van der Waals surface area contributed by atoms with E-state index in [1.807, 2.05) is 0 Å². The molecule has 6 nitrogen and oxygen atoms in total. The van der Waals surface area contributed by atoms with E-state index >= 15 is 0 Å². The van der Waals surface area contributed by atoms with Crippen LogP contribution in [0.1, 0.15) is 12.0 Å². The average molecular weight is 409 g/mol. The lowest BCUT2D eigenvalue weighted by atomic mass is 10.1. The summed E-state index contributed by atoms with van der Waals surface area (Å²) in [5, 5.41) is 3.07. The van der Waals surface area contributed by atoms with Gasteiger partial charge in [0.2, 0.25) is 5.91 Å². The molecule has 1 aliphatic heterocycles. The molecule has 0 aromatic heterocycles. The van der Waals surface area contributed by atoms with Crippen LogP contribution in [0.25, 0.3) is 0 Å². The predicted molar refractivity (Wildman–Crippen MR) is 94.1 cm³/mol. The summed E-state index contributed by atoms with van der Waals surface area (Å²) in [7, 11) is 0. The van der Waals surface area contributed by atoms with Crippen LogP contribution >= 0.6 is 0 Å². The van der Waals surface area contributed by atoms with Crippen molar-refractivity contribution in [2.24, 2.45) is 0 Å². The van der Waals surface area contributed by atoms with Gasteiger partial charge in [0.1, 0.15) is 5.82 Å². The molecule has 1 heterocycles. The van der Waals surface area contributed by atoms with Crippen LogP contribution in [0.3, 0.4) is 0 Å². The van der Waals surface area contributed by atoms with Gasteiger partial charge in [0.25, 0.3) is 11.6 Å². The number of amides is 4. The fraction of sp³-hybridized carbons (Fsp3) is 0.211. The van der Waals surface area contributed by atoms with E-state index in [1.165, 1.54) is 17.4 Å². The van der Waals surface area contributed by atoms with Gasteiger partial charge in [0, 0.05) is 6.42 Å². The van der Waals surface area contributed by atoms with Crippen molar-refractivity contribution in [2.45, 2.75) is 24.7 Å². The third kappa shape index (κ3) is 3.78. The lowest BCUT2D eigenvalue weighted by Gasteiger charge is -2.29. The van der Waals surface area contributed by atoms with Gasteiger partial charge in [-0.3, -0.25) is 14.9 Å². The number of hydrogen-bond donors (Lipinski definition) is 2. The Labute approximate surface area is 162 Å². The number of imide groups is 1. The van der Waals surface area contributed by atoms with Gasteiger partial charge in [-0.25, -0.2) is 14.1 Å². The highest BCUT2D eigenvalue weighted by atomic mass is 19.4. The molecule has 0 saturated carbocycles. The van der Waals surface area contributed by atoms with Crippen LogP contribution in [0.15, 0.2) is 54.6 Å². The van der Waals surface area contributed by atoms with Crippen molar-refractivity contribution in [3.63, 3.8) is 0 Å². The third-order valence-corrected chi connectivity index (χ3v) is 4.35. The quantitative estimate of drug-likeness (QED) is 0.589. The van der Waals surface area contributed by atoms with E-state index in [4.69, 9.17) is 0 Å². The molecule has 1 atom stereocenters. The molecule has 3 rings (SSSR count).